The zero-order valence-electron chi connectivity index (χ0n) is 9.24. The van der Waals surface area contributed by atoms with Crippen LogP contribution in [0.15, 0.2) is 18.3 Å². The van der Waals surface area contributed by atoms with Gasteiger partial charge in [-0.2, -0.15) is 0 Å². The number of nitrogens with zero attached hydrogens (tertiary/aromatic N) is 2. The fraction of sp³-hybridized carbons (Fsp3) is 0.333. The van der Waals surface area contributed by atoms with E-state index in [4.69, 9.17) is 4.74 Å². The van der Waals surface area contributed by atoms with Crippen LogP contribution in [0.4, 0.5) is 0 Å². The van der Waals surface area contributed by atoms with E-state index in [2.05, 4.69) is 9.97 Å². The highest BCUT2D eigenvalue weighted by Crippen LogP contribution is 2.26. The van der Waals surface area contributed by atoms with E-state index in [1.807, 2.05) is 32.9 Å². The molecule has 78 valence electrons. The second-order valence-electron chi connectivity index (χ2n) is 3.53. The Morgan fingerprint density at radius 2 is 2.07 bits per heavy atom. The summed E-state index contributed by atoms with van der Waals surface area (Å²) in [5, 5.41) is 0.988. The third-order valence-electron chi connectivity index (χ3n) is 2.29. The molecule has 15 heavy (non-hydrogen) atoms. The highest BCUT2D eigenvalue weighted by molar-refractivity contribution is 5.83. The van der Waals surface area contributed by atoms with Gasteiger partial charge in [-0.05, 0) is 32.9 Å². The first kappa shape index (κ1) is 9.90. The Hall–Kier alpha value is -1.64. The van der Waals surface area contributed by atoms with Crippen molar-refractivity contribution < 1.29 is 4.74 Å². The van der Waals surface area contributed by atoms with Crippen LogP contribution in [0.2, 0.25) is 0 Å². The molecule has 0 unspecified atom stereocenters. The highest BCUT2D eigenvalue weighted by atomic mass is 16.5. The van der Waals surface area contributed by atoms with Crippen LogP contribution < -0.4 is 4.74 Å². The molecule has 2 aromatic rings. The second-order valence-corrected chi connectivity index (χ2v) is 3.53. The quantitative estimate of drug-likeness (QED) is 0.751. The highest BCUT2D eigenvalue weighted by Gasteiger charge is 2.07. The number of fused-ring (bicyclic) bond motifs is 1. The number of aromatic nitrogens is 2. The molecule has 0 aliphatic carbocycles. The van der Waals surface area contributed by atoms with Crippen molar-refractivity contribution in [3.05, 3.63) is 29.6 Å². The van der Waals surface area contributed by atoms with Crippen LogP contribution in [-0.2, 0) is 0 Å². The summed E-state index contributed by atoms with van der Waals surface area (Å²) >= 11 is 0. The predicted octanol–water partition coefficient (Wildman–Crippen LogP) is 2.65. The van der Waals surface area contributed by atoms with Crippen LogP contribution in [0, 0.1) is 13.8 Å². The number of hydrogen-bond donors (Lipinski definition) is 0. The maximum atomic E-state index is 5.61. The molecule has 0 spiro atoms. The zero-order valence-corrected chi connectivity index (χ0v) is 9.24. The van der Waals surface area contributed by atoms with Crippen LogP contribution in [0.1, 0.15) is 18.2 Å². The van der Waals surface area contributed by atoms with Gasteiger partial charge >= 0.3 is 0 Å². The lowest BCUT2D eigenvalue weighted by molar-refractivity contribution is 0.341. The monoisotopic (exact) mass is 202 g/mol. The van der Waals surface area contributed by atoms with Crippen LogP contribution in [0.3, 0.4) is 0 Å². The van der Waals surface area contributed by atoms with Gasteiger partial charge in [0.1, 0.15) is 5.75 Å². The second kappa shape index (κ2) is 3.85. The third-order valence-corrected chi connectivity index (χ3v) is 2.29. The lowest BCUT2D eigenvalue weighted by Crippen LogP contribution is -1.97. The lowest BCUT2D eigenvalue weighted by atomic mass is 10.2. The molecule has 0 fully saturated rings. The van der Waals surface area contributed by atoms with Crippen LogP contribution in [0.5, 0.6) is 5.75 Å². The van der Waals surface area contributed by atoms with Crippen molar-refractivity contribution in [3.8, 4) is 5.75 Å². The summed E-state index contributed by atoms with van der Waals surface area (Å²) in [4.78, 5) is 8.66. The Kier molecular flexibility index (Phi) is 2.54. The number of hydrogen-bond acceptors (Lipinski definition) is 3. The molecule has 0 atom stereocenters. The lowest BCUT2D eigenvalue weighted by Gasteiger charge is -2.09. The minimum atomic E-state index is 0.661. The topological polar surface area (TPSA) is 35.0 Å². The summed E-state index contributed by atoms with van der Waals surface area (Å²) in [5.41, 5.74) is 2.78. The van der Waals surface area contributed by atoms with Gasteiger partial charge in [-0.1, -0.05) is 0 Å². The summed E-state index contributed by atoms with van der Waals surface area (Å²) in [7, 11) is 0. The molecule has 3 heteroatoms. The molecular weight excluding hydrogens is 188 g/mol. The number of ether oxygens (including phenoxy) is 1. The molecule has 0 saturated heterocycles. The van der Waals surface area contributed by atoms with Crippen molar-refractivity contribution in [2.24, 2.45) is 0 Å². The number of pyridine rings is 2. The standard InChI is InChI=1S/C12H14N2O/c1-4-15-11-8(2)7-13-12-10(11)6-5-9(3)14-12/h5-7H,4H2,1-3H3. The molecule has 0 amide bonds. The van der Waals surface area contributed by atoms with Crippen LogP contribution >= 0.6 is 0 Å². The van der Waals surface area contributed by atoms with Crippen molar-refractivity contribution in [1.29, 1.82) is 0 Å². The van der Waals surface area contributed by atoms with Gasteiger partial charge in [-0.3, -0.25) is 0 Å². The fourth-order valence-corrected chi connectivity index (χ4v) is 1.58. The first-order chi connectivity index (χ1) is 7.22. The van der Waals surface area contributed by atoms with Gasteiger partial charge in [0.15, 0.2) is 5.65 Å². The Labute approximate surface area is 89.1 Å². The molecule has 2 heterocycles. The maximum Gasteiger partial charge on any atom is 0.163 e. The van der Waals surface area contributed by atoms with E-state index < -0.39 is 0 Å². The van der Waals surface area contributed by atoms with Crippen molar-refractivity contribution in [1.82, 2.24) is 9.97 Å². The first-order valence-corrected chi connectivity index (χ1v) is 5.08. The molecule has 0 N–H and O–H groups in total. The summed E-state index contributed by atoms with van der Waals surface area (Å²) in [6, 6.07) is 3.99. The number of rotatable bonds is 2. The maximum absolute atomic E-state index is 5.61. The largest absolute Gasteiger partial charge is 0.493 e. The Balaban J connectivity index is 2.70. The van der Waals surface area contributed by atoms with Gasteiger partial charge in [0, 0.05) is 17.5 Å². The van der Waals surface area contributed by atoms with Crippen molar-refractivity contribution in [3.63, 3.8) is 0 Å². The van der Waals surface area contributed by atoms with Crippen molar-refractivity contribution in [2.75, 3.05) is 6.61 Å². The summed E-state index contributed by atoms with van der Waals surface area (Å²) in [6.45, 7) is 6.60. The van der Waals surface area contributed by atoms with E-state index in [1.54, 1.807) is 6.20 Å². The van der Waals surface area contributed by atoms with E-state index in [0.717, 1.165) is 28.0 Å². The minimum absolute atomic E-state index is 0.661. The Morgan fingerprint density at radius 1 is 1.27 bits per heavy atom. The Bertz CT molecular complexity index is 494. The minimum Gasteiger partial charge on any atom is -0.493 e. The molecule has 2 aromatic heterocycles. The normalized spacial score (nSPS) is 10.6. The molecule has 3 nitrogen and oxygen atoms in total. The van der Waals surface area contributed by atoms with E-state index in [0.29, 0.717) is 6.61 Å². The predicted molar refractivity (Wildman–Crippen MR) is 60.2 cm³/mol. The Morgan fingerprint density at radius 3 is 2.80 bits per heavy atom. The number of aryl methyl sites for hydroxylation is 2. The van der Waals surface area contributed by atoms with Crippen LogP contribution in [-0.4, -0.2) is 16.6 Å². The smallest absolute Gasteiger partial charge is 0.163 e. The molecular formula is C12H14N2O. The van der Waals surface area contributed by atoms with Crippen molar-refractivity contribution >= 4 is 11.0 Å². The third kappa shape index (κ3) is 1.77. The molecule has 2 rings (SSSR count). The van der Waals surface area contributed by atoms with Crippen LogP contribution in [0.25, 0.3) is 11.0 Å². The molecule has 0 aliphatic heterocycles. The van der Waals surface area contributed by atoms with Gasteiger partial charge in [0.05, 0.1) is 12.0 Å². The van der Waals surface area contributed by atoms with E-state index in [-0.39, 0.29) is 0 Å². The SMILES string of the molecule is CCOc1c(C)cnc2nc(C)ccc12. The van der Waals surface area contributed by atoms with Gasteiger partial charge in [0.25, 0.3) is 0 Å². The van der Waals surface area contributed by atoms with Gasteiger partial charge in [-0.15, -0.1) is 0 Å². The van der Waals surface area contributed by atoms with E-state index in [1.165, 1.54) is 0 Å². The molecule has 0 radical (unpaired) electrons. The van der Waals surface area contributed by atoms with E-state index >= 15 is 0 Å². The zero-order chi connectivity index (χ0) is 10.8. The molecule has 0 aliphatic rings. The summed E-state index contributed by atoms with van der Waals surface area (Å²) < 4.78 is 5.61. The average molecular weight is 202 g/mol. The summed E-state index contributed by atoms with van der Waals surface area (Å²) in [5.74, 6) is 0.898. The van der Waals surface area contributed by atoms with Gasteiger partial charge in [0.2, 0.25) is 0 Å². The first-order valence-electron chi connectivity index (χ1n) is 5.08. The summed E-state index contributed by atoms with van der Waals surface area (Å²) in [6.07, 6.45) is 1.81. The average Bonchev–Trinajstić information content (AvgIpc) is 2.22. The van der Waals surface area contributed by atoms with Crippen molar-refractivity contribution in [2.45, 2.75) is 20.8 Å². The van der Waals surface area contributed by atoms with E-state index in [9.17, 15) is 0 Å². The molecule has 0 bridgehead atoms. The fourth-order valence-electron chi connectivity index (χ4n) is 1.58. The molecule has 0 aromatic carbocycles. The van der Waals surface area contributed by atoms with Gasteiger partial charge < -0.3 is 4.74 Å². The molecule has 0 saturated carbocycles. The van der Waals surface area contributed by atoms with Gasteiger partial charge in [-0.25, -0.2) is 9.97 Å².